The number of hydrogen-bond acceptors (Lipinski definition) is 3. The molecule has 1 aliphatic heterocycles. The summed E-state index contributed by atoms with van der Waals surface area (Å²) < 4.78 is 1.97. The number of hydrogen-bond donors (Lipinski definition) is 1. The maximum absolute atomic E-state index is 12.7. The fourth-order valence-corrected chi connectivity index (χ4v) is 3.65. The summed E-state index contributed by atoms with van der Waals surface area (Å²) in [5.74, 6) is 0.104. The summed E-state index contributed by atoms with van der Waals surface area (Å²) >= 11 is 0. The van der Waals surface area contributed by atoms with Gasteiger partial charge in [0.1, 0.15) is 5.69 Å². The van der Waals surface area contributed by atoms with E-state index in [-0.39, 0.29) is 5.91 Å². The van der Waals surface area contributed by atoms with Crippen molar-refractivity contribution in [2.45, 2.75) is 57.5 Å². The Balaban J connectivity index is 1.70. The average Bonchev–Trinajstić information content (AvgIpc) is 3.20. The minimum absolute atomic E-state index is 0.104. The summed E-state index contributed by atoms with van der Waals surface area (Å²) in [5.41, 5.74) is 0.606. The molecule has 1 saturated heterocycles. The van der Waals surface area contributed by atoms with E-state index in [2.05, 4.69) is 17.3 Å². The third-order valence-electron chi connectivity index (χ3n) is 4.84. The van der Waals surface area contributed by atoms with Crippen LogP contribution in [0, 0.1) is 0 Å². The van der Waals surface area contributed by atoms with Gasteiger partial charge in [-0.15, -0.1) is 0 Å². The molecular formula is C16H26N4O. The highest BCUT2D eigenvalue weighted by molar-refractivity contribution is 5.92. The lowest BCUT2D eigenvalue weighted by Crippen LogP contribution is -2.39. The number of carbonyl (C=O) groups excluding carboxylic acids is 1. The molecule has 1 atom stereocenters. The largest absolute Gasteiger partial charge is 0.335 e. The predicted octanol–water partition coefficient (Wildman–Crippen LogP) is 2.21. The van der Waals surface area contributed by atoms with Crippen LogP contribution in [0.25, 0.3) is 0 Å². The van der Waals surface area contributed by atoms with E-state index in [1.807, 2.05) is 21.8 Å². The number of nitrogens with zero attached hydrogens (tertiary/aromatic N) is 3. The first kappa shape index (κ1) is 14.6. The van der Waals surface area contributed by atoms with Crippen molar-refractivity contribution in [2.75, 3.05) is 19.6 Å². The van der Waals surface area contributed by atoms with E-state index in [0.29, 0.717) is 17.8 Å². The van der Waals surface area contributed by atoms with Gasteiger partial charge in [-0.1, -0.05) is 12.8 Å². The molecule has 1 aromatic heterocycles. The molecule has 2 fully saturated rings. The van der Waals surface area contributed by atoms with Gasteiger partial charge in [0, 0.05) is 25.3 Å². The second-order valence-corrected chi connectivity index (χ2v) is 6.21. The SMILES string of the molecule is CCN(C(=O)c1ccn(C2CCCNC2)n1)C1CCCC1. The van der Waals surface area contributed by atoms with Gasteiger partial charge in [0.25, 0.3) is 5.91 Å². The molecule has 1 amide bonds. The first-order valence-electron chi connectivity index (χ1n) is 8.36. The van der Waals surface area contributed by atoms with Gasteiger partial charge in [-0.3, -0.25) is 9.48 Å². The van der Waals surface area contributed by atoms with Crippen LogP contribution in [-0.2, 0) is 0 Å². The molecule has 116 valence electrons. The van der Waals surface area contributed by atoms with Gasteiger partial charge in [-0.25, -0.2) is 0 Å². The van der Waals surface area contributed by atoms with Crippen molar-refractivity contribution in [3.63, 3.8) is 0 Å². The van der Waals surface area contributed by atoms with E-state index in [1.54, 1.807) is 0 Å². The Morgan fingerprint density at radius 1 is 1.38 bits per heavy atom. The van der Waals surface area contributed by atoms with Crippen LogP contribution in [-0.4, -0.2) is 46.3 Å². The van der Waals surface area contributed by atoms with Gasteiger partial charge in [0.05, 0.1) is 6.04 Å². The Bertz CT molecular complexity index is 472. The Kier molecular flexibility index (Phi) is 4.58. The van der Waals surface area contributed by atoms with E-state index in [1.165, 1.54) is 19.3 Å². The normalized spacial score (nSPS) is 23.4. The minimum Gasteiger partial charge on any atom is -0.335 e. The Morgan fingerprint density at radius 2 is 2.19 bits per heavy atom. The molecule has 0 aromatic carbocycles. The number of carbonyl (C=O) groups is 1. The molecule has 0 radical (unpaired) electrons. The van der Waals surface area contributed by atoms with Crippen LogP contribution < -0.4 is 5.32 Å². The summed E-state index contributed by atoms with van der Waals surface area (Å²) in [7, 11) is 0. The Labute approximate surface area is 126 Å². The Morgan fingerprint density at radius 3 is 2.86 bits per heavy atom. The molecule has 2 aliphatic rings. The molecule has 1 aliphatic carbocycles. The molecule has 0 bridgehead atoms. The summed E-state index contributed by atoms with van der Waals surface area (Å²) in [6, 6.07) is 2.69. The third-order valence-corrected chi connectivity index (χ3v) is 4.84. The molecule has 2 heterocycles. The molecular weight excluding hydrogens is 264 g/mol. The zero-order chi connectivity index (χ0) is 14.7. The van der Waals surface area contributed by atoms with Crippen LogP contribution in [0.15, 0.2) is 12.3 Å². The summed E-state index contributed by atoms with van der Waals surface area (Å²) in [6.07, 6.45) is 9.07. The number of aromatic nitrogens is 2. The molecule has 0 spiro atoms. The highest BCUT2D eigenvalue weighted by Gasteiger charge is 2.27. The topological polar surface area (TPSA) is 50.2 Å². The summed E-state index contributed by atoms with van der Waals surface area (Å²) in [4.78, 5) is 14.7. The van der Waals surface area contributed by atoms with Crippen molar-refractivity contribution < 1.29 is 4.79 Å². The van der Waals surface area contributed by atoms with E-state index >= 15 is 0 Å². The predicted molar refractivity (Wildman–Crippen MR) is 82.3 cm³/mol. The van der Waals surface area contributed by atoms with Crippen LogP contribution in [0.4, 0.5) is 0 Å². The smallest absolute Gasteiger partial charge is 0.274 e. The first-order valence-corrected chi connectivity index (χ1v) is 8.36. The standard InChI is InChI=1S/C16H26N4O/c1-2-19(13-6-3-4-7-13)16(21)15-9-11-20(18-15)14-8-5-10-17-12-14/h9,11,13-14,17H,2-8,10,12H2,1H3. The molecule has 1 unspecified atom stereocenters. The zero-order valence-corrected chi connectivity index (χ0v) is 12.9. The van der Waals surface area contributed by atoms with Gasteiger partial charge < -0.3 is 10.2 Å². The Hall–Kier alpha value is -1.36. The van der Waals surface area contributed by atoms with Gasteiger partial charge in [-0.2, -0.15) is 5.10 Å². The fraction of sp³-hybridized carbons (Fsp3) is 0.750. The van der Waals surface area contributed by atoms with Crippen molar-refractivity contribution in [3.05, 3.63) is 18.0 Å². The number of piperidine rings is 1. The number of rotatable bonds is 4. The molecule has 1 aromatic rings. The lowest BCUT2D eigenvalue weighted by atomic mass is 10.1. The van der Waals surface area contributed by atoms with Crippen LogP contribution >= 0.6 is 0 Å². The highest BCUT2D eigenvalue weighted by Crippen LogP contribution is 2.24. The fourth-order valence-electron chi connectivity index (χ4n) is 3.65. The van der Waals surface area contributed by atoms with Crippen molar-refractivity contribution in [2.24, 2.45) is 0 Å². The first-order chi connectivity index (χ1) is 10.3. The quantitative estimate of drug-likeness (QED) is 0.925. The molecule has 5 heteroatoms. The van der Waals surface area contributed by atoms with Gasteiger partial charge >= 0.3 is 0 Å². The second kappa shape index (κ2) is 6.60. The lowest BCUT2D eigenvalue weighted by Gasteiger charge is -2.27. The van der Waals surface area contributed by atoms with Crippen molar-refractivity contribution >= 4 is 5.91 Å². The van der Waals surface area contributed by atoms with Gasteiger partial charge in [0.2, 0.25) is 0 Å². The van der Waals surface area contributed by atoms with E-state index in [9.17, 15) is 4.79 Å². The summed E-state index contributed by atoms with van der Waals surface area (Å²) in [6.45, 7) is 4.89. The van der Waals surface area contributed by atoms with Crippen molar-refractivity contribution in [1.29, 1.82) is 0 Å². The van der Waals surface area contributed by atoms with E-state index in [4.69, 9.17) is 0 Å². The number of nitrogens with one attached hydrogen (secondary N) is 1. The maximum Gasteiger partial charge on any atom is 0.274 e. The third kappa shape index (κ3) is 3.12. The van der Waals surface area contributed by atoms with Gasteiger partial charge in [0.15, 0.2) is 0 Å². The van der Waals surface area contributed by atoms with E-state index in [0.717, 1.165) is 38.9 Å². The van der Waals surface area contributed by atoms with Crippen LogP contribution in [0.2, 0.25) is 0 Å². The van der Waals surface area contributed by atoms with Crippen molar-refractivity contribution in [1.82, 2.24) is 20.0 Å². The molecule has 1 saturated carbocycles. The average molecular weight is 290 g/mol. The maximum atomic E-state index is 12.7. The van der Waals surface area contributed by atoms with Crippen LogP contribution in [0.3, 0.4) is 0 Å². The van der Waals surface area contributed by atoms with Gasteiger partial charge in [-0.05, 0) is 45.2 Å². The molecule has 21 heavy (non-hydrogen) atoms. The monoisotopic (exact) mass is 290 g/mol. The molecule has 5 nitrogen and oxygen atoms in total. The minimum atomic E-state index is 0.104. The van der Waals surface area contributed by atoms with E-state index < -0.39 is 0 Å². The molecule has 1 N–H and O–H groups in total. The lowest BCUT2D eigenvalue weighted by molar-refractivity contribution is 0.0686. The highest BCUT2D eigenvalue weighted by atomic mass is 16.2. The molecule has 3 rings (SSSR count). The van der Waals surface area contributed by atoms with Crippen LogP contribution in [0.1, 0.15) is 62.0 Å². The second-order valence-electron chi connectivity index (χ2n) is 6.21. The van der Waals surface area contributed by atoms with Crippen LogP contribution in [0.5, 0.6) is 0 Å². The zero-order valence-electron chi connectivity index (χ0n) is 12.9. The summed E-state index contributed by atoms with van der Waals surface area (Å²) in [5, 5.41) is 7.95. The number of amides is 1. The van der Waals surface area contributed by atoms with Crippen molar-refractivity contribution in [3.8, 4) is 0 Å².